The fourth-order valence-electron chi connectivity index (χ4n) is 3.63. The van der Waals surface area contributed by atoms with Crippen LogP contribution in [-0.2, 0) is 9.53 Å². The number of hydrogen-bond acceptors (Lipinski definition) is 7. The van der Waals surface area contributed by atoms with E-state index in [-0.39, 0.29) is 17.9 Å². The predicted molar refractivity (Wildman–Crippen MR) is 116 cm³/mol. The largest absolute Gasteiger partial charge is 0.491 e. The molecule has 30 heavy (non-hydrogen) atoms. The molecule has 0 radical (unpaired) electrons. The summed E-state index contributed by atoms with van der Waals surface area (Å²) in [6.45, 7) is 8.08. The number of fused-ring (bicyclic) bond motifs is 1. The van der Waals surface area contributed by atoms with Gasteiger partial charge in [-0.05, 0) is 17.9 Å². The van der Waals surface area contributed by atoms with Crippen molar-refractivity contribution < 1.29 is 19.4 Å². The third-order valence-corrected chi connectivity index (χ3v) is 5.99. The number of thiazole rings is 1. The van der Waals surface area contributed by atoms with Crippen molar-refractivity contribution in [1.29, 1.82) is 0 Å². The number of carbonyl (C=O) groups is 2. The van der Waals surface area contributed by atoms with Gasteiger partial charge in [0.25, 0.3) is 0 Å². The van der Waals surface area contributed by atoms with Gasteiger partial charge in [-0.15, -0.1) is 11.3 Å². The number of allylic oxidation sites excluding steroid dienone is 2. The first-order chi connectivity index (χ1) is 14.3. The lowest BCUT2D eigenvalue weighted by atomic mass is 9.83. The SMILES string of the molecule is CCCCOC1=C(CN)N(CC(C)C)C=C2CC(=O)C(c3nc(C(=O)O)cs3)C=C21. The van der Waals surface area contributed by atoms with Crippen LogP contribution >= 0.6 is 11.3 Å². The van der Waals surface area contributed by atoms with Gasteiger partial charge in [0.05, 0.1) is 18.2 Å². The van der Waals surface area contributed by atoms with Crippen LogP contribution in [0.1, 0.15) is 61.4 Å². The van der Waals surface area contributed by atoms with Crippen molar-refractivity contribution in [2.45, 2.75) is 46.0 Å². The van der Waals surface area contributed by atoms with Crippen LogP contribution in [0.4, 0.5) is 0 Å². The second-order valence-corrected chi connectivity index (χ2v) is 8.85. The molecule has 3 N–H and O–H groups in total. The Bertz CT molecular complexity index is 913. The second kappa shape index (κ2) is 9.57. The number of aromatic nitrogens is 1. The molecule has 2 aliphatic rings. The summed E-state index contributed by atoms with van der Waals surface area (Å²) in [5, 5.41) is 11.1. The van der Waals surface area contributed by atoms with Crippen molar-refractivity contribution in [3.63, 3.8) is 0 Å². The number of hydrogen-bond donors (Lipinski definition) is 2. The third kappa shape index (κ3) is 4.65. The second-order valence-electron chi connectivity index (χ2n) is 7.96. The molecule has 1 aliphatic carbocycles. The number of ketones is 1. The summed E-state index contributed by atoms with van der Waals surface area (Å²) in [6, 6.07) is 0. The number of carboxylic acids is 1. The first-order valence-electron chi connectivity index (χ1n) is 10.3. The molecule has 3 rings (SSSR count). The fourth-order valence-corrected chi connectivity index (χ4v) is 4.51. The summed E-state index contributed by atoms with van der Waals surface area (Å²) < 4.78 is 6.20. The van der Waals surface area contributed by atoms with Gasteiger partial charge in [0.15, 0.2) is 11.5 Å². The van der Waals surface area contributed by atoms with E-state index in [1.165, 1.54) is 16.7 Å². The maximum atomic E-state index is 12.9. The van der Waals surface area contributed by atoms with Crippen molar-refractivity contribution in [3.05, 3.63) is 51.0 Å². The van der Waals surface area contributed by atoms with Crippen LogP contribution < -0.4 is 5.73 Å². The Hall–Kier alpha value is -2.45. The fraction of sp³-hybridized carbons (Fsp3) is 0.500. The van der Waals surface area contributed by atoms with Crippen LogP contribution in [0.3, 0.4) is 0 Å². The summed E-state index contributed by atoms with van der Waals surface area (Å²) in [5.41, 5.74) is 8.78. The van der Waals surface area contributed by atoms with Crippen LogP contribution in [-0.4, -0.2) is 46.4 Å². The first kappa shape index (κ1) is 22.2. The van der Waals surface area contributed by atoms with Crippen molar-refractivity contribution in [2.24, 2.45) is 11.7 Å². The molecule has 162 valence electrons. The molecular weight excluding hydrogens is 402 g/mol. The highest BCUT2D eigenvalue weighted by molar-refractivity contribution is 7.10. The Labute approximate surface area is 180 Å². The third-order valence-electron chi connectivity index (χ3n) is 5.06. The topological polar surface area (TPSA) is 106 Å². The van der Waals surface area contributed by atoms with Crippen molar-refractivity contribution in [2.75, 3.05) is 19.7 Å². The number of carboxylic acid groups (broad SMARTS) is 1. The standard InChI is InChI=1S/C22H29N3O4S/c1-4-5-6-29-20-15-8-16(21-24-17(12-30-21)22(27)28)19(26)7-14(15)11-25(10-13(2)3)18(20)9-23/h8,11-13,16H,4-7,9-10,23H2,1-3H3,(H,27,28). The van der Waals surface area contributed by atoms with E-state index in [0.717, 1.165) is 42.0 Å². The van der Waals surface area contributed by atoms with E-state index >= 15 is 0 Å². The molecule has 1 aromatic rings. The Balaban J connectivity index is 2.03. The van der Waals surface area contributed by atoms with E-state index in [0.29, 0.717) is 24.1 Å². The highest BCUT2D eigenvalue weighted by Crippen LogP contribution is 2.41. The van der Waals surface area contributed by atoms with E-state index < -0.39 is 11.9 Å². The molecule has 7 nitrogen and oxygen atoms in total. The van der Waals surface area contributed by atoms with E-state index in [1.54, 1.807) is 0 Å². The van der Waals surface area contributed by atoms with Gasteiger partial charge in [-0.1, -0.05) is 33.3 Å². The highest BCUT2D eigenvalue weighted by Gasteiger charge is 2.35. The van der Waals surface area contributed by atoms with Crippen LogP contribution in [0.15, 0.2) is 40.3 Å². The van der Waals surface area contributed by atoms with E-state index in [1.807, 2.05) is 12.3 Å². The van der Waals surface area contributed by atoms with Crippen molar-refractivity contribution >= 4 is 23.1 Å². The summed E-state index contributed by atoms with van der Waals surface area (Å²) in [5.74, 6) is -0.510. The molecule has 1 aliphatic heterocycles. The zero-order valence-corrected chi connectivity index (χ0v) is 18.5. The van der Waals surface area contributed by atoms with Gasteiger partial charge in [-0.2, -0.15) is 0 Å². The molecule has 1 atom stereocenters. The zero-order valence-electron chi connectivity index (χ0n) is 17.7. The maximum absolute atomic E-state index is 12.9. The Morgan fingerprint density at radius 3 is 2.83 bits per heavy atom. The molecule has 0 saturated heterocycles. The molecule has 0 amide bonds. The number of nitrogens with two attached hydrogens (primary N) is 1. The normalized spacial score (nSPS) is 19.0. The number of Topliss-reactive ketones (excluding diaryl/α,β-unsaturated/α-hetero) is 1. The maximum Gasteiger partial charge on any atom is 0.355 e. The molecule has 0 spiro atoms. The van der Waals surface area contributed by atoms with E-state index in [2.05, 4.69) is 30.7 Å². The van der Waals surface area contributed by atoms with Crippen LogP contribution in [0, 0.1) is 5.92 Å². The van der Waals surface area contributed by atoms with E-state index in [4.69, 9.17) is 15.6 Å². The van der Waals surface area contributed by atoms with Gasteiger partial charge < -0.3 is 20.5 Å². The molecule has 0 saturated carbocycles. The van der Waals surface area contributed by atoms with Crippen LogP contribution in [0.5, 0.6) is 0 Å². The summed E-state index contributed by atoms with van der Waals surface area (Å²) in [6.07, 6.45) is 6.08. The molecule has 0 fully saturated rings. The summed E-state index contributed by atoms with van der Waals surface area (Å²) in [7, 11) is 0. The summed E-state index contributed by atoms with van der Waals surface area (Å²) >= 11 is 1.20. The monoisotopic (exact) mass is 431 g/mol. The number of rotatable bonds is 9. The molecule has 0 bridgehead atoms. The minimum absolute atomic E-state index is 0.00453. The number of nitrogens with zero attached hydrogens (tertiary/aromatic N) is 2. The predicted octanol–water partition coefficient (Wildman–Crippen LogP) is 3.67. The molecule has 2 heterocycles. The minimum atomic E-state index is -1.09. The van der Waals surface area contributed by atoms with E-state index in [9.17, 15) is 9.59 Å². The van der Waals surface area contributed by atoms with Gasteiger partial charge in [0.1, 0.15) is 10.8 Å². The van der Waals surface area contributed by atoms with Crippen LogP contribution in [0.2, 0.25) is 0 Å². The Morgan fingerprint density at radius 2 is 2.23 bits per heavy atom. The molecule has 8 heteroatoms. The first-order valence-corrected chi connectivity index (χ1v) is 11.2. The molecule has 0 aromatic carbocycles. The molecular formula is C22H29N3O4S. The lowest BCUT2D eigenvalue weighted by Crippen LogP contribution is -2.33. The number of aromatic carboxylic acids is 1. The highest BCUT2D eigenvalue weighted by atomic mass is 32.1. The summed E-state index contributed by atoms with van der Waals surface area (Å²) in [4.78, 5) is 30.4. The average molecular weight is 432 g/mol. The van der Waals surface area contributed by atoms with Gasteiger partial charge in [0.2, 0.25) is 0 Å². The van der Waals surface area contributed by atoms with Gasteiger partial charge in [-0.3, -0.25) is 4.79 Å². The Morgan fingerprint density at radius 1 is 1.47 bits per heavy atom. The van der Waals surface area contributed by atoms with Crippen molar-refractivity contribution in [3.8, 4) is 0 Å². The number of unbranched alkanes of at least 4 members (excludes halogenated alkanes) is 1. The molecule has 1 aromatic heterocycles. The minimum Gasteiger partial charge on any atom is -0.491 e. The van der Waals surface area contributed by atoms with Gasteiger partial charge in [-0.25, -0.2) is 9.78 Å². The van der Waals surface area contributed by atoms with Gasteiger partial charge in [0, 0.05) is 36.7 Å². The smallest absolute Gasteiger partial charge is 0.355 e. The lowest BCUT2D eigenvalue weighted by Gasteiger charge is -2.35. The van der Waals surface area contributed by atoms with Crippen LogP contribution in [0.25, 0.3) is 0 Å². The number of carbonyl (C=O) groups excluding carboxylic acids is 1. The zero-order chi connectivity index (χ0) is 21.8. The van der Waals surface area contributed by atoms with Gasteiger partial charge >= 0.3 is 5.97 Å². The number of ether oxygens (including phenoxy) is 1. The molecule has 1 unspecified atom stereocenters. The van der Waals surface area contributed by atoms with Crippen molar-refractivity contribution in [1.82, 2.24) is 9.88 Å². The quantitative estimate of drug-likeness (QED) is 0.575. The average Bonchev–Trinajstić information content (AvgIpc) is 3.17. The lowest BCUT2D eigenvalue weighted by molar-refractivity contribution is -0.119. The Kier molecular flexibility index (Phi) is 7.10.